The average molecular weight is 260 g/mol. The third-order valence-electron chi connectivity index (χ3n) is 3.27. The highest BCUT2D eigenvalue weighted by atomic mass is 19.1. The maximum Gasteiger partial charge on any atom is 0.125 e. The smallest absolute Gasteiger partial charge is 0.125 e. The highest BCUT2D eigenvalue weighted by molar-refractivity contribution is 5.45. The first-order chi connectivity index (χ1) is 9.04. The molecule has 0 aliphatic rings. The zero-order valence-electron chi connectivity index (χ0n) is 11.3. The first-order valence-electron chi connectivity index (χ1n) is 6.12. The van der Waals surface area contributed by atoms with Crippen LogP contribution >= 0.6 is 0 Å². The maximum atomic E-state index is 13.3. The van der Waals surface area contributed by atoms with E-state index >= 15 is 0 Å². The van der Waals surface area contributed by atoms with Crippen molar-refractivity contribution in [1.29, 1.82) is 0 Å². The van der Waals surface area contributed by atoms with E-state index in [-0.39, 0.29) is 5.82 Å². The molecule has 0 heterocycles. The summed E-state index contributed by atoms with van der Waals surface area (Å²) in [6.07, 6.45) is -0.822. The standard InChI is InChI=1S/C16H17FO2/c1-10-8-12(17)9-11(2)15(10)16(18)13-6-4-5-7-14(13)19-3/h4-9,16,18H,1-3H3. The number of aliphatic hydroxyl groups excluding tert-OH is 1. The van der Waals surface area contributed by atoms with E-state index in [1.165, 1.54) is 12.1 Å². The molecular weight excluding hydrogens is 243 g/mol. The highest BCUT2D eigenvalue weighted by Gasteiger charge is 2.19. The van der Waals surface area contributed by atoms with Crippen LogP contribution in [0.15, 0.2) is 36.4 Å². The normalized spacial score (nSPS) is 12.3. The van der Waals surface area contributed by atoms with Crippen molar-refractivity contribution in [1.82, 2.24) is 0 Å². The van der Waals surface area contributed by atoms with Gasteiger partial charge in [-0.2, -0.15) is 0 Å². The van der Waals surface area contributed by atoms with E-state index in [1.54, 1.807) is 27.0 Å². The summed E-state index contributed by atoms with van der Waals surface area (Å²) in [7, 11) is 1.57. The van der Waals surface area contributed by atoms with Crippen LogP contribution in [0.3, 0.4) is 0 Å². The molecular formula is C16H17FO2. The molecule has 0 bridgehead atoms. The van der Waals surface area contributed by atoms with Crippen molar-refractivity contribution >= 4 is 0 Å². The van der Waals surface area contributed by atoms with Gasteiger partial charge in [-0.05, 0) is 48.7 Å². The van der Waals surface area contributed by atoms with Crippen molar-refractivity contribution in [2.75, 3.05) is 7.11 Å². The molecule has 1 N–H and O–H groups in total. The number of rotatable bonds is 3. The summed E-state index contributed by atoms with van der Waals surface area (Å²) >= 11 is 0. The van der Waals surface area contributed by atoms with Gasteiger partial charge in [0.1, 0.15) is 17.7 Å². The van der Waals surface area contributed by atoms with E-state index in [1.807, 2.05) is 18.2 Å². The second-order valence-corrected chi connectivity index (χ2v) is 4.60. The molecule has 0 aliphatic heterocycles. The lowest BCUT2D eigenvalue weighted by Gasteiger charge is -2.19. The number of para-hydroxylation sites is 1. The number of ether oxygens (including phenoxy) is 1. The van der Waals surface area contributed by atoms with Gasteiger partial charge < -0.3 is 9.84 Å². The van der Waals surface area contributed by atoms with Crippen LogP contribution in [0.2, 0.25) is 0 Å². The summed E-state index contributed by atoms with van der Waals surface area (Å²) in [5.41, 5.74) is 2.88. The molecule has 2 aromatic carbocycles. The van der Waals surface area contributed by atoms with Crippen LogP contribution in [0.5, 0.6) is 5.75 Å². The zero-order chi connectivity index (χ0) is 14.0. The molecule has 19 heavy (non-hydrogen) atoms. The molecule has 0 amide bonds. The van der Waals surface area contributed by atoms with E-state index in [4.69, 9.17) is 4.74 Å². The fourth-order valence-electron chi connectivity index (χ4n) is 2.40. The third-order valence-corrected chi connectivity index (χ3v) is 3.27. The van der Waals surface area contributed by atoms with Crippen LogP contribution in [-0.2, 0) is 0 Å². The molecule has 0 aliphatic carbocycles. The Hall–Kier alpha value is -1.87. The molecule has 0 saturated heterocycles. The predicted molar refractivity (Wildman–Crippen MR) is 72.9 cm³/mol. The summed E-state index contributed by atoms with van der Waals surface area (Å²) in [4.78, 5) is 0. The van der Waals surface area contributed by atoms with E-state index in [0.29, 0.717) is 11.3 Å². The summed E-state index contributed by atoms with van der Waals surface area (Å²) in [6.45, 7) is 3.59. The zero-order valence-corrected chi connectivity index (χ0v) is 11.3. The largest absolute Gasteiger partial charge is 0.496 e. The Morgan fingerprint density at radius 2 is 1.68 bits per heavy atom. The Balaban J connectivity index is 2.53. The molecule has 0 aromatic heterocycles. The monoisotopic (exact) mass is 260 g/mol. The molecule has 0 fully saturated rings. The Bertz CT molecular complexity index is 570. The van der Waals surface area contributed by atoms with Crippen molar-refractivity contribution in [3.8, 4) is 5.75 Å². The lowest BCUT2D eigenvalue weighted by atomic mass is 9.93. The molecule has 1 unspecified atom stereocenters. The fourth-order valence-corrected chi connectivity index (χ4v) is 2.40. The summed E-state index contributed by atoms with van der Waals surface area (Å²) in [5, 5.41) is 10.6. The van der Waals surface area contributed by atoms with Crippen LogP contribution < -0.4 is 4.74 Å². The predicted octanol–water partition coefficient (Wildman–Crippen LogP) is 3.53. The van der Waals surface area contributed by atoms with Crippen LogP contribution in [0.1, 0.15) is 28.4 Å². The van der Waals surface area contributed by atoms with Gasteiger partial charge >= 0.3 is 0 Å². The molecule has 0 spiro atoms. The molecule has 1 atom stereocenters. The Morgan fingerprint density at radius 3 is 2.26 bits per heavy atom. The van der Waals surface area contributed by atoms with Crippen molar-refractivity contribution < 1.29 is 14.2 Å². The average Bonchev–Trinajstić information content (AvgIpc) is 2.37. The Morgan fingerprint density at radius 1 is 1.11 bits per heavy atom. The van der Waals surface area contributed by atoms with Crippen molar-refractivity contribution in [2.45, 2.75) is 20.0 Å². The minimum atomic E-state index is -0.822. The Labute approximate surface area is 112 Å². The summed E-state index contributed by atoms with van der Waals surface area (Å²) < 4.78 is 18.6. The number of halogens is 1. The number of hydrogen-bond donors (Lipinski definition) is 1. The van der Waals surface area contributed by atoms with Gasteiger partial charge in [-0.25, -0.2) is 4.39 Å². The van der Waals surface area contributed by atoms with Gasteiger partial charge in [0.05, 0.1) is 7.11 Å². The highest BCUT2D eigenvalue weighted by Crippen LogP contribution is 2.33. The van der Waals surface area contributed by atoms with Gasteiger partial charge in [0.15, 0.2) is 0 Å². The van der Waals surface area contributed by atoms with Crippen LogP contribution in [0.4, 0.5) is 4.39 Å². The second-order valence-electron chi connectivity index (χ2n) is 4.60. The minimum Gasteiger partial charge on any atom is -0.496 e. The first kappa shape index (κ1) is 13.6. The van der Waals surface area contributed by atoms with Crippen molar-refractivity contribution in [2.24, 2.45) is 0 Å². The molecule has 2 nitrogen and oxygen atoms in total. The molecule has 3 heteroatoms. The number of methoxy groups -OCH3 is 1. The molecule has 100 valence electrons. The van der Waals surface area contributed by atoms with Crippen LogP contribution in [0, 0.1) is 19.7 Å². The van der Waals surface area contributed by atoms with E-state index < -0.39 is 6.10 Å². The SMILES string of the molecule is COc1ccccc1C(O)c1c(C)cc(F)cc1C. The summed E-state index contributed by atoms with van der Waals surface area (Å²) in [6, 6.07) is 10.2. The number of hydrogen-bond acceptors (Lipinski definition) is 2. The van der Waals surface area contributed by atoms with Gasteiger partial charge in [0.25, 0.3) is 0 Å². The second kappa shape index (κ2) is 5.41. The molecule has 2 rings (SSSR count). The molecule has 0 radical (unpaired) electrons. The number of aliphatic hydroxyl groups is 1. The van der Waals surface area contributed by atoms with Crippen LogP contribution in [0.25, 0.3) is 0 Å². The topological polar surface area (TPSA) is 29.5 Å². The minimum absolute atomic E-state index is 0.286. The van der Waals surface area contributed by atoms with Gasteiger partial charge in [-0.15, -0.1) is 0 Å². The van der Waals surface area contributed by atoms with E-state index in [0.717, 1.165) is 16.7 Å². The lowest BCUT2D eigenvalue weighted by molar-refractivity contribution is 0.213. The van der Waals surface area contributed by atoms with Gasteiger partial charge in [0.2, 0.25) is 0 Å². The maximum absolute atomic E-state index is 13.3. The lowest BCUT2D eigenvalue weighted by Crippen LogP contribution is -2.07. The number of benzene rings is 2. The van der Waals surface area contributed by atoms with E-state index in [9.17, 15) is 9.50 Å². The Kier molecular flexibility index (Phi) is 3.86. The van der Waals surface area contributed by atoms with E-state index in [2.05, 4.69) is 0 Å². The fraction of sp³-hybridized carbons (Fsp3) is 0.250. The van der Waals surface area contributed by atoms with Crippen molar-refractivity contribution in [3.05, 3.63) is 64.5 Å². The summed E-state index contributed by atoms with van der Waals surface area (Å²) in [5.74, 6) is 0.337. The van der Waals surface area contributed by atoms with Crippen LogP contribution in [-0.4, -0.2) is 12.2 Å². The van der Waals surface area contributed by atoms with Gasteiger partial charge in [-0.3, -0.25) is 0 Å². The first-order valence-corrected chi connectivity index (χ1v) is 6.12. The van der Waals surface area contributed by atoms with Gasteiger partial charge in [0, 0.05) is 5.56 Å². The third kappa shape index (κ3) is 2.61. The molecule has 0 saturated carbocycles. The van der Waals surface area contributed by atoms with Crippen molar-refractivity contribution in [3.63, 3.8) is 0 Å². The quantitative estimate of drug-likeness (QED) is 0.914. The molecule has 2 aromatic rings. The van der Waals surface area contributed by atoms with Gasteiger partial charge in [-0.1, -0.05) is 18.2 Å². The number of aryl methyl sites for hydroxylation is 2.